The van der Waals surface area contributed by atoms with Crippen molar-refractivity contribution in [2.24, 2.45) is 0 Å². The van der Waals surface area contributed by atoms with Gasteiger partial charge in [-0.05, 0) is 24.6 Å². The summed E-state index contributed by atoms with van der Waals surface area (Å²) in [4.78, 5) is 13.4. The number of carbonyl (C=O) groups is 1. The summed E-state index contributed by atoms with van der Waals surface area (Å²) in [5.74, 6) is -1.76. The highest BCUT2D eigenvalue weighted by Crippen LogP contribution is 2.29. The van der Waals surface area contributed by atoms with E-state index in [1.54, 1.807) is 14.1 Å². The number of benzene rings is 1. The van der Waals surface area contributed by atoms with Crippen LogP contribution in [-0.4, -0.2) is 43.5 Å². The van der Waals surface area contributed by atoms with E-state index in [-0.39, 0.29) is 45.7 Å². The van der Waals surface area contributed by atoms with E-state index in [9.17, 15) is 22.0 Å². The first-order chi connectivity index (χ1) is 13.6. The van der Waals surface area contributed by atoms with Crippen LogP contribution in [0.15, 0.2) is 39.8 Å². The van der Waals surface area contributed by atoms with Crippen molar-refractivity contribution in [1.82, 2.24) is 19.8 Å². The van der Waals surface area contributed by atoms with Gasteiger partial charge in [-0.25, -0.2) is 21.9 Å². The van der Waals surface area contributed by atoms with Gasteiger partial charge in [-0.2, -0.15) is 5.10 Å². The number of rotatable bonds is 6. The molecule has 0 aliphatic heterocycles. The summed E-state index contributed by atoms with van der Waals surface area (Å²) in [7, 11) is -0.911. The smallest absolute Gasteiger partial charge is 0.257 e. The zero-order chi connectivity index (χ0) is 21.3. The number of halogens is 2. The van der Waals surface area contributed by atoms with Crippen LogP contribution in [0.4, 0.5) is 8.78 Å². The fourth-order valence-corrected chi connectivity index (χ4v) is 3.90. The normalized spacial score (nSPS) is 11.6. The van der Waals surface area contributed by atoms with Gasteiger partial charge in [-0.1, -0.05) is 0 Å². The largest absolute Gasteiger partial charge is 0.458 e. The Hall–Kier alpha value is -3.05. The predicted molar refractivity (Wildman–Crippen MR) is 99.4 cm³/mol. The molecular formula is C18H18F2N4O4S. The third-order valence-electron chi connectivity index (χ3n) is 4.07. The Morgan fingerprint density at radius 2 is 1.86 bits per heavy atom. The molecule has 0 atom stereocenters. The first-order valence-corrected chi connectivity index (χ1v) is 9.87. The minimum absolute atomic E-state index is 0.0794. The molecule has 1 amide bonds. The zero-order valence-corrected chi connectivity index (χ0v) is 16.6. The monoisotopic (exact) mass is 424 g/mol. The Balaban J connectivity index is 1.88. The molecule has 0 saturated carbocycles. The van der Waals surface area contributed by atoms with Crippen molar-refractivity contribution in [2.75, 3.05) is 14.1 Å². The molecule has 8 nitrogen and oxygen atoms in total. The van der Waals surface area contributed by atoms with Gasteiger partial charge in [-0.3, -0.25) is 9.89 Å². The summed E-state index contributed by atoms with van der Waals surface area (Å²) < 4.78 is 59.7. The molecular weight excluding hydrogens is 406 g/mol. The quantitative estimate of drug-likeness (QED) is 0.632. The SMILES string of the molecule is Cc1oc(-c2[nH]ncc2C(=O)N(C)C)cc1S(=O)(=O)NCc1cc(F)cc(F)c1. The average Bonchev–Trinajstić information content (AvgIpc) is 3.25. The number of aromatic amines is 1. The van der Waals surface area contributed by atoms with Gasteiger partial charge < -0.3 is 9.32 Å². The van der Waals surface area contributed by atoms with Crippen LogP contribution in [0.3, 0.4) is 0 Å². The van der Waals surface area contributed by atoms with Crippen molar-refractivity contribution < 1.29 is 26.4 Å². The lowest BCUT2D eigenvalue weighted by Crippen LogP contribution is -2.23. The van der Waals surface area contributed by atoms with E-state index in [1.165, 1.54) is 24.1 Å². The number of nitrogens with zero attached hydrogens (tertiary/aromatic N) is 2. The summed E-state index contributed by atoms with van der Waals surface area (Å²) in [5.41, 5.74) is 0.580. The number of carbonyl (C=O) groups excluding carboxylic acids is 1. The molecule has 0 saturated heterocycles. The van der Waals surface area contributed by atoms with Crippen LogP contribution in [-0.2, 0) is 16.6 Å². The van der Waals surface area contributed by atoms with E-state index in [1.807, 2.05) is 0 Å². The fourth-order valence-electron chi connectivity index (χ4n) is 2.70. The highest BCUT2D eigenvalue weighted by molar-refractivity contribution is 7.89. The van der Waals surface area contributed by atoms with E-state index < -0.39 is 21.7 Å². The maximum atomic E-state index is 13.3. The summed E-state index contributed by atoms with van der Waals surface area (Å²) in [6, 6.07) is 4.01. The highest BCUT2D eigenvalue weighted by atomic mass is 32.2. The zero-order valence-electron chi connectivity index (χ0n) is 15.8. The van der Waals surface area contributed by atoms with Gasteiger partial charge in [0.15, 0.2) is 5.76 Å². The Labute approximate surface area is 165 Å². The number of hydrogen-bond donors (Lipinski definition) is 2. The van der Waals surface area contributed by atoms with E-state index >= 15 is 0 Å². The van der Waals surface area contributed by atoms with E-state index in [0.717, 1.165) is 12.1 Å². The second-order valence-electron chi connectivity index (χ2n) is 6.49. The molecule has 2 N–H and O–H groups in total. The molecule has 0 fully saturated rings. The second-order valence-corrected chi connectivity index (χ2v) is 8.23. The predicted octanol–water partition coefficient (Wildman–Crippen LogP) is 2.44. The Bertz CT molecular complexity index is 1150. The van der Waals surface area contributed by atoms with Crippen LogP contribution in [0.2, 0.25) is 0 Å². The molecule has 2 heterocycles. The number of amides is 1. The van der Waals surface area contributed by atoms with E-state index in [4.69, 9.17) is 4.42 Å². The van der Waals surface area contributed by atoms with Gasteiger partial charge >= 0.3 is 0 Å². The van der Waals surface area contributed by atoms with Crippen LogP contribution < -0.4 is 4.72 Å². The highest BCUT2D eigenvalue weighted by Gasteiger charge is 2.25. The lowest BCUT2D eigenvalue weighted by molar-refractivity contribution is 0.0828. The minimum atomic E-state index is -4.05. The number of nitrogens with one attached hydrogen (secondary N) is 2. The summed E-state index contributed by atoms with van der Waals surface area (Å²) in [6.07, 6.45) is 1.32. The van der Waals surface area contributed by atoms with E-state index in [0.29, 0.717) is 6.07 Å². The molecule has 11 heteroatoms. The van der Waals surface area contributed by atoms with Crippen LogP contribution in [0, 0.1) is 18.6 Å². The molecule has 3 rings (SSSR count). The maximum absolute atomic E-state index is 13.3. The molecule has 1 aromatic carbocycles. The van der Waals surface area contributed by atoms with Crippen molar-refractivity contribution in [3.8, 4) is 11.5 Å². The van der Waals surface area contributed by atoms with Gasteiger partial charge in [-0.15, -0.1) is 0 Å². The molecule has 2 aromatic heterocycles. The first-order valence-electron chi connectivity index (χ1n) is 8.39. The molecule has 0 aliphatic rings. The van der Waals surface area contributed by atoms with Gasteiger partial charge in [0.1, 0.15) is 28.0 Å². The van der Waals surface area contributed by atoms with Crippen molar-refractivity contribution >= 4 is 15.9 Å². The fraction of sp³-hybridized carbons (Fsp3) is 0.222. The molecule has 3 aromatic rings. The molecule has 0 unspecified atom stereocenters. The Morgan fingerprint density at radius 1 is 1.21 bits per heavy atom. The van der Waals surface area contributed by atoms with Crippen molar-refractivity contribution in [3.63, 3.8) is 0 Å². The molecule has 154 valence electrons. The second kappa shape index (κ2) is 7.76. The topological polar surface area (TPSA) is 108 Å². The van der Waals surface area contributed by atoms with Crippen LogP contribution in [0.25, 0.3) is 11.5 Å². The third kappa shape index (κ3) is 4.35. The van der Waals surface area contributed by atoms with Gasteiger partial charge in [0.25, 0.3) is 5.91 Å². The van der Waals surface area contributed by atoms with Gasteiger partial charge in [0.05, 0.1) is 11.8 Å². The van der Waals surface area contributed by atoms with Crippen molar-refractivity contribution in [2.45, 2.75) is 18.4 Å². The third-order valence-corrected chi connectivity index (χ3v) is 5.58. The number of aryl methyl sites for hydroxylation is 1. The first kappa shape index (κ1) is 20.7. The number of aromatic nitrogens is 2. The molecule has 0 bridgehead atoms. The summed E-state index contributed by atoms with van der Waals surface area (Å²) in [6.45, 7) is 1.13. The standard InChI is InChI=1S/C18H18F2N4O4S/c1-10-16(29(26,27)22-8-11-4-12(19)6-13(20)5-11)7-15(28-10)17-14(9-21-23-17)18(25)24(2)3/h4-7,9,22H,8H2,1-3H3,(H,21,23). The van der Waals surface area contributed by atoms with Crippen LogP contribution in [0.1, 0.15) is 21.7 Å². The lowest BCUT2D eigenvalue weighted by Gasteiger charge is -2.08. The van der Waals surface area contributed by atoms with Crippen molar-refractivity contribution in [3.05, 3.63) is 59.0 Å². The molecule has 0 aliphatic carbocycles. The molecule has 0 radical (unpaired) electrons. The lowest BCUT2D eigenvalue weighted by atomic mass is 10.2. The number of sulfonamides is 1. The molecule has 0 spiro atoms. The van der Waals surface area contributed by atoms with Gasteiger partial charge in [0, 0.05) is 32.8 Å². The summed E-state index contributed by atoms with van der Waals surface area (Å²) in [5, 5.41) is 6.46. The summed E-state index contributed by atoms with van der Waals surface area (Å²) >= 11 is 0. The van der Waals surface area contributed by atoms with E-state index in [2.05, 4.69) is 14.9 Å². The number of furan rings is 1. The maximum Gasteiger partial charge on any atom is 0.257 e. The van der Waals surface area contributed by atoms with Crippen LogP contribution >= 0.6 is 0 Å². The minimum Gasteiger partial charge on any atom is -0.458 e. The van der Waals surface area contributed by atoms with Crippen LogP contribution in [0.5, 0.6) is 0 Å². The average molecular weight is 424 g/mol. The van der Waals surface area contributed by atoms with Gasteiger partial charge in [0.2, 0.25) is 10.0 Å². The Kier molecular flexibility index (Phi) is 5.53. The number of H-pyrrole nitrogens is 1. The number of hydrogen-bond acceptors (Lipinski definition) is 5. The van der Waals surface area contributed by atoms with Crippen molar-refractivity contribution in [1.29, 1.82) is 0 Å². The Morgan fingerprint density at radius 3 is 2.48 bits per heavy atom. The molecule has 29 heavy (non-hydrogen) atoms.